The Bertz CT molecular complexity index is 1230. The minimum atomic E-state index is -0.920. The summed E-state index contributed by atoms with van der Waals surface area (Å²) < 4.78 is 5.45. The van der Waals surface area contributed by atoms with Crippen molar-refractivity contribution in [3.8, 4) is 5.75 Å². The van der Waals surface area contributed by atoms with Gasteiger partial charge in [-0.3, -0.25) is 14.4 Å². The van der Waals surface area contributed by atoms with Crippen LogP contribution in [0, 0.1) is 6.92 Å². The van der Waals surface area contributed by atoms with Crippen LogP contribution in [-0.2, 0) is 14.4 Å². The molecule has 0 saturated heterocycles. The fourth-order valence-corrected chi connectivity index (χ4v) is 3.14. The van der Waals surface area contributed by atoms with Gasteiger partial charge in [0.1, 0.15) is 5.75 Å². The molecule has 0 heterocycles. The van der Waals surface area contributed by atoms with Crippen molar-refractivity contribution in [3.05, 3.63) is 87.9 Å². The Morgan fingerprint density at radius 3 is 2.35 bits per heavy atom. The van der Waals surface area contributed by atoms with Gasteiger partial charge in [-0.1, -0.05) is 29.3 Å². The molecule has 0 bridgehead atoms. The first-order valence-electron chi connectivity index (χ1n) is 9.99. The summed E-state index contributed by atoms with van der Waals surface area (Å²) in [6.07, 6.45) is 1.37. The van der Waals surface area contributed by atoms with E-state index in [2.05, 4.69) is 21.2 Å². The zero-order valence-electron chi connectivity index (χ0n) is 18.0. The molecule has 3 amide bonds. The molecule has 3 aromatic rings. The van der Waals surface area contributed by atoms with E-state index in [1.165, 1.54) is 6.21 Å². The Labute approximate surface area is 205 Å². The number of halogens is 2. The van der Waals surface area contributed by atoms with Gasteiger partial charge in [0.15, 0.2) is 6.61 Å². The van der Waals surface area contributed by atoms with Crippen LogP contribution in [-0.4, -0.2) is 30.5 Å². The minimum absolute atomic E-state index is 0.182. The standard InChI is InChI=1S/C24H20Cl2N4O4/c1-15-11-18(26)7-10-21(15)29-23(32)24(33)30-27-13-16-5-8-20(9-6-16)34-14-22(31)28-19-4-2-3-17(25)12-19/h2-13H,14H2,1H3,(H,28,31)(H,29,32)(H,30,33)/b27-13-. The second-order valence-corrected chi connectivity index (χ2v) is 7.90. The lowest BCUT2D eigenvalue weighted by molar-refractivity contribution is -0.136. The molecular weight excluding hydrogens is 479 g/mol. The van der Waals surface area contributed by atoms with Gasteiger partial charge in [-0.25, -0.2) is 5.43 Å². The van der Waals surface area contributed by atoms with E-state index in [1.807, 2.05) is 0 Å². The van der Waals surface area contributed by atoms with Crippen molar-refractivity contribution in [3.63, 3.8) is 0 Å². The Hall–Kier alpha value is -3.88. The lowest BCUT2D eigenvalue weighted by Crippen LogP contribution is -2.32. The first-order chi connectivity index (χ1) is 16.3. The second kappa shape index (κ2) is 11.8. The molecule has 0 atom stereocenters. The maximum atomic E-state index is 12.0. The van der Waals surface area contributed by atoms with Crippen molar-refractivity contribution < 1.29 is 19.1 Å². The molecule has 3 N–H and O–H groups in total. The van der Waals surface area contributed by atoms with Crippen LogP contribution in [0.25, 0.3) is 0 Å². The number of ether oxygens (including phenoxy) is 1. The van der Waals surface area contributed by atoms with Gasteiger partial charge in [-0.05, 0) is 78.7 Å². The summed E-state index contributed by atoms with van der Waals surface area (Å²) in [5, 5.41) is 10.0. The van der Waals surface area contributed by atoms with Crippen LogP contribution in [0.3, 0.4) is 0 Å². The topological polar surface area (TPSA) is 109 Å². The highest BCUT2D eigenvalue weighted by molar-refractivity contribution is 6.39. The summed E-state index contributed by atoms with van der Waals surface area (Å²) in [6.45, 7) is 1.58. The number of hydrogen-bond acceptors (Lipinski definition) is 5. The van der Waals surface area contributed by atoms with Gasteiger partial charge in [0.05, 0.1) is 6.21 Å². The third kappa shape index (κ3) is 7.61. The molecule has 0 aliphatic heterocycles. The summed E-state index contributed by atoms with van der Waals surface area (Å²) in [6, 6.07) is 18.3. The monoisotopic (exact) mass is 498 g/mol. The van der Waals surface area contributed by atoms with E-state index >= 15 is 0 Å². The van der Waals surface area contributed by atoms with E-state index in [-0.39, 0.29) is 12.5 Å². The molecule has 0 fully saturated rings. The van der Waals surface area contributed by atoms with Crippen LogP contribution >= 0.6 is 23.2 Å². The maximum absolute atomic E-state index is 12.0. The number of hydrazone groups is 1. The third-order valence-electron chi connectivity index (χ3n) is 4.38. The molecule has 10 heteroatoms. The van der Waals surface area contributed by atoms with Gasteiger partial charge in [0, 0.05) is 21.4 Å². The number of anilines is 2. The first kappa shape index (κ1) is 24.8. The van der Waals surface area contributed by atoms with E-state index in [1.54, 1.807) is 73.7 Å². The van der Waals surface area contributed by atoms with Crippen molar-refractivity contribution in [2.75, 3.05) is 17.2 Å². The van der Waals surface area contributed by atoms with E-state index in [0.29, 0.717) is 32.7 Å². The zero-order chi connectivity index (χ0) is 24.5. The number of carbonyl (C=O) groups excluding carboxylic acids is 3. The van der Waals surface area contributed by atoms with Gasteiger partial charge in [-0.15, -0.1) is 0 Å². The van der Waals surface area contributed by atoms with Gasteiger partial charge in [0.2, 0.25) is 0 Å². The highest BCUT2D eigenvalue weighted by Gasteiger charge is 2.14. The van der Waals surface area contributed by atoms with E-state index in [9.17, 15) is 14.4 Å². The van der Waals surface area contributed by atoms with Crippen molar-refractivity contribution in [2.45, 2.75) is 6.92 Å². The van der Waals surface area contributed by atoms with Crippen molar-refractivity contribution in [2.24, 2.45) is 5.10 Å². The molecule has 0 spiro atoms. The fourth-order valence-electron chi connectivity index (χ4n) is 2.72. The largest absolute Gasteiger partial charge is 0.484 e. The summed E-state index contributed by atoms with van der Waals surface area (Å²) in [5.41, 5.74) is 4.58. The van der Waals surface area contributed by atoms with Crippen LogP contribution in [0.1, 0.15) is 11.1 Å². The number of amides is 3. The number of hydrogen-bond donors (Lipinski definition) is 3. The van der Waals surface area contributed by atoms with Crippen LogP contribution in [0.15, 0.2) is 71.8 Å². The number of rotatable bonds is 7. The van der Waals surface area contributed by atoms with Crippen molar-refractivity contribution >= 4 is 58.5 Å². The molecule has 0 aliphatic carbocycles. The average molecular weight is 499 g/mol. The number of carbonyl (C=O) groups is 3. The summed E-state index contributed by atoms with van der Waals surface area (Å²) in [5.74, 6) is -1.64. The van der Waals surface area contributed by atoms with Crippen LogP contribution < -0.4 is 20.8 Å². The highest BCUT2D eigenvalue weighted by Crippen LogP contribution is 2.19. The maximum Gasteiger partial charge on any atom is 0.329 e. The SMILES string of the molecule is Cc1cc(Cl)ccc1NC(=O)C(=O)N/N=C\c1ccc(OCC(=O)Nc2cccc(Cl)c2)cc1. The van der Waals surface area contributed by atoms with Crippen LogP contribution in [0.2, 0.25) is 10.0 Å². The van der Waals surface area contributed by atoms with Crippen LogP contribution in [0.5, 0.6) is 5.75 Å². The summed E-state index contributed by atoms with van der Waals surface area (Å²) >= 11 is 11.8. The normalized spacial score (nSPS) is 10.6. The molecule has 3 rings (SSSR count). The molecule has 0 unspecified atom stereocenters. The van der Waals surface area contributed by atoms with Gasteiger partial charge < -0.3 is 15.4 Å². The lowest BCUT2D eigenvalue weighted by Gasteiger charge is -2.08. The minimum Gasteiger partial charge on any atom is -0.484 e. The van der Waals surface area contributed by atoms with E-state index in [0.717, 1.165) is 5.56 Å². The quantitative estimate of drug-likeness (QED) is 0.254. The number of benzene rings is 3. The summed E-state index contributed by atoms with van der Waals surface area (Å²) in [4.78, 5) is 35.9. The predicted octanol–water partition coefficient (Wildman–Crippen LogP) is 4.41. The Balaban J connectivity index is 1.44. The molecule has 34 heavy (non-hydrogen) atoms. The fraction of sp³-hybridized carbons (Fsp3) is 0.0833. The molecule has 3 aromatic carbocycles. The van der Waals surface area contributed by atoms with E-state index in [4.69, 9.17) is 27.9 Å². The molecule has 174 valence electrons. The molecule has 0 aromatic heterocycles. The second-order valence-electron chi connectivity index (χ2n) is 7.03. The van der Waals surface area contributed by atoms with Crippen LogP contribution in [0.4, 0.5) is 11.4 Å². The molecule has 0 aliphatic rings. The van der Waals surface area contributed by atoms with E-state index < -0.39 is 11.8 Å². The first-order valence-corrected chi connectivity index (χ1v) is 10.7. The Morgan fingerprint density at radius 1 is 0.912 bits per heavy atom. The lowest BCUT2D eigenvalue weighted by atomic mass is 10.2. The highest BCUT2D eigenvalue weighted by atomic mass is 35.5. The smallest absolute Gasteiger partial charge is 0.329 e. The van der Waals surface area contributed by atoms with Crippen molar-refractivity contribution in [1.82, 2.24) is 5.43 Å². The molecule has 8 nitrogen and oxygen atoms in total. The Kier molecular flexibility index (Phi) is 8.61. The van der Waals surface area contributed by atoms with Gasteiger partial charge in [0.25, 0.3) is 5.91 Å². The summed E-state index contributed by atoms with van der Waals surface area (Å²) in [7, 11) is 0. The van der Waals surface area contributed by atoms with Gasteiger partial charge >= 0.3 is 11.8 Å². The van der Waals surface area contributed by atoms with Gasteiger partial charge in [-0.2, -0.15) is 5.10 Å². The predicted molar refractivity (Wildman–Crippen MR) is 133 cm³/mol. The number of nitrogens with zero attached hydrogens (tertiary/aromatic N) is 1. The average Bonchev–Trinajstić information content (AvgIpc) is 2.80. The molecular formula is C24H20Cl2N4O4. The number of aryl methyl sites for hydroxylation is 1. The third-order valence-corrected chi connectivity index (χ3v) is 4.85. The Morgan fingerprint density at radius 2 is 1.65 bits per heavy atom. The molecule has 0 saturated carbocycles. The van der Waals surface area contributed by atoms with Crippen molar-refractivity contribution in [1.29, 1.82) is 0 Å². The zero-order valence-corrected chi connectivity index (χ0v) is 19.5. The molecule has 0 radical (unpaired) electrons. The number of nitrogens with one attached hydrogen (secondary N) is 3.